The van der Waals surface area contributed by atoms with E-state index in [4.69, 9.17) is 4.74 Å². The van der Waals surface area contributed by atoms with E-state index in [2.05, 4.69) is 37.9 Å². The highest BCUT2D eigenvalue weighted by atomic mass is 127. The number of benzene rings is 2. The van der Waals surface area contributed by atoms with Gasteiger partial charge in [0.05, 0.1) is 0 Å². The second-order valence-corrected chi connectivity index (χ2v) is 7.06. The van der Waals surface area contributed by atoms with Crippen molar-refractivity contribution >= 4 is 34.2 Å². The lowest BCUT2D eigenvalue weighted by Gasteiger charge is -2.09. The monoisotopic (exact) mass is 475 g/mol. The minimum Gasteiger partial charge on any atom is -0.484 e. The zero-order valence-corrected chi connectivity index (χ0v) is 16.8. The molecule has 3 aromatic rings. The molecule has 1 aromatic heterocycles. The highest BCUT2D eigenvalue weighted by molar-refractivity contribution is 14.1. The van der Waals surface area contributed by atoms with Gasteiger partial charge in [0.1, 0.15) is 11.6 Å². The second-order valence-electron chi connectivity index (χ2n) is 5.81. The number of ether oxygens (including phenoxy) is 1. The summed E-state index contributed by atoms with van der Waals surface area (Å²) in [6.45, 7) is 1.85. The van der Waals surface area contributed by atoms with Gasteiger partial charge in [0.15, 0.2) is 6.61 Å². The van der Waals surface area contributed by atoms with Crippen molar-refractivity contribution in [3.05, 3.63) is 74.2 Å². The topological polar surface area (TPSA) is 84.1 Å². The summed E-state index contributed by atoms with van der Waals surface area (Å²) in [5.74, 6) is 0.845. The number of hydrogen-bond acceptors (Lipinski definition) is 4. The lowest BCUT2D eigenvalue weighted by Crippen LogP contribution is -2.20. The molecule has 2 aromatic carbocycles. The van der Waals surface area contributed by atoms with Crippen molar-refractivity contribution in [2.24, 2.45) is 0 Å². The van der Waals surface area contributed by atoms with E-state index in [1.165, 1.54) is 6.07 Å². The van der Waals surface area contributed by atoms with E-state index >= 15 is 0 Å². The molecule has 6 nitrogen and oxygen atoms in total. The summed E-state index contributed by atoms with van der Waals surface area (Å²) in [5, 5.41) is 2.79. The molecule has 0 unspecified atom stereocenters. The van der Waals surface area contributed by atoms with Crippen molar-refractivity contribution < 1.29 is 9.53 Å². The minimum absolute atomic E-state index is 0.0920. The first-order chi connectivity index (χ1) is 13.0. The molecule has 3 rings (SSSR count). The molecule has 0 aliphatic heterocycles. The number of aromatic nitrogens is 2. The molecule has 7 heteroatoms. The number of aryl methyl sites for hydroxylation is 1. The second kappa shape index (κ2) is 8.81. The quantitative estimate of drug-likeness (QED) is 0.534. The van der Waals surface area contributed by atoms with Gasteiger partial charge in [0.25, 0.3) is 11.5 Å². The van der Waals surface area contributed by atoms with Gasteiger partial charge in [-0.2, -0.15) is 0 Å². The van der Waals surface area contributed by atoms with Crippen LogP contribution in [-0.2, 0) is 11.2 Å². The normalized spacial score (nSPS) is 10.4. The summed E-state index contributed by atoms with van der Waals surface area (Å²) >= 11 is 2.21. The van der Waals surface area contributed by atoms with Crippen molar-refractivity contribution in [3.63, 3.8) is 0 Å². The number of amides is 1. The number of halogens is 1. The van der Waals surface area contributed by atoms with Crippen LogP contribution in [0.1, 0.15) is 12.6 Å². The molecule has 138 valence electrons. The van der Waals surface area contributed by atoms with Crippen LogP contribution in [0.25, 0.3) is 11.4 Å². The third kappa shape index (κ3) is 5.40. The smallest absolute Gasteiger partial charge is 0.262 e. The Morgan fingerprint density at radius 1 is 1.19 bits per heavy atom. The fraction of sp³-hybridized carbons (Fsp3) is 0.150. The first kappa shape index (κ1) is 19.1. The standard InChI is InChI=1S/C20H18IN3O3/c1-2-15-11-18(25)24-20(23-15)13-4-3-5-16(10-13)22-19(26)12-27-17-8-6-14(21)7-9-17/h3-11H,2,12H2,1H3,(H,22,26)(H,23,24,25). The summed E-state index contributed by atoms with van der Waals surface area (Å²) in [7, 11) is 0. The van der Waals surface area contributed by atoms with Crippen LogP contribution in [0.4, 0.5) is 5.69 Å². The van der Waals surface area contributed by atoms with Crippen molar-refractivity contribution in [2.75, 3.05) is 11.9 Å². The van der Waals surface area contributed by atoms with Crippen molar-refractivity contribution in [1.82, 2.24) is 9.97 Å². The van der Waals surface area contributed by atoms with E-state index in [0.717, 1.165) is 9.13 Å². The average molecular weight is 475 g/mol. The Hall–Kier alpha value is -2.68. The zero-order valence-electron chi connectivity index (χ0n) is 14.7. The average Bonchev–Trinajstić information content (AvgIpc) is 2.67. The third-order valence-corrected chi connectivity index (χ3v) is 4.48. The Bertz CT molecular complexity index is 1000. The molecule has 0 saturated carbocycles. The Kier molecular flexibility index (Phi) is 6.23. The highest BCUT2D eigenvalue weighted by Crippen LogP contribution is 2.19. The first-order valence-corrected chi connectivity index (χ1v) is 9.50. The molecule has 1 amide bonds. The number of anilines is 1. The van der Waals surface area contributed by atoms with E-state index in [0.29, 0.717) is 29.4 Å². The summed E-state index contributed by atoms with van der Waals surface area (Å²) in [4.78, 5) is 31.1. The number of H-pyrrole nitrogens is 1. The first-order valence-electron chi connectivity index (χ1n) is 8.42. The largest absolute Gasteiger partial charge is 0.484 e. The molecular formula is C20H18IN3O3. The van der Waals surface area contributed by atoms with Crippen LogP contribution in [0.2, 0.25) is 0 Å². The van der Waals surface area contributed by atoms with Gasteiger partial charge >= 0.3 is 0 Å². The van der Waals surface area contributed by atoms with Crippen LogP contribution in [-0.4, -0.2) is 22.5 Å². The Balaban J connectivity index is 1.68. The number of hydrogen-bond donors (Lipinski definition) is 2. The maximum absolute atomic E-state index is 12.1. The molecule has 27 heavy (non-hydrogen) atoms. The predicted octanol–water partition coefficient (Wildman–Crippen LogP) is 3.62. The molecule has 0 fully saturated rings. The van der Waals surface area contributed by atoms with Crippen LogP contribution in [0.3, 0.4) is 0 Å². The van der Waals surface area contributed by atoms with Gasteiger partial charge in [-0.25, -0.2) is 4.98 Å². The number of nitrogens with zero attached hydrogens (tertiary/aromatic N) is 1. The Morgan fingerprint density at radius 3 is 2.70 bits per heavy atom. The van der Waals surface area contributed by atoms with Crippen LogP contribution >= 0.6 is 22.6 Å². The number of aromatic amines is 1. The fourth-order valence-electron chi connectivity index (χ4n) is 2.45. The molecule has 0 atom stereocenters. The summed E-state index contributed by atoms with van der Waals surface area (Å²) in [6, 6.07) is 16.1. The zero-order chi connectivity index (χ0) is 19.2. The Labute approximate surface area is 170 Å². The molecule has 0 aliphatic rings. The van der Waals surface area contributed by atoms with Gasteiger partial charge < -0.3 is 15.0 Å². The van der Waals surface area contributed by atoms with E-state index in [1.54, 1.807) is 18.2 Å². The lowest BCUT2D eigenvalue weighted by atomic mass is 10.1. The predicted molar refractivity (Wildman–Crippen MR) is 113 cm³/mol. The van der Waals surface area contributed by atoms with Crippen LogP contribution in [0.15, 0.2) is 59.4 Å². The SMILES string of the molecule is CCc1cc(=O)[nH]c(-c2cccc(NC(=O)COc3ccc(I)cc3)c2)n1. The molecule has 0 bridgehead atoms. The molecule has 0 saturated heterocycles. The summed E-state index contributed by atoms with van der Waals surface area (Å²) < 4.78 is 6.58. The number of rotatable bonds is 6. The van der Waals surface area contributed by atoms with Crippen LogP contribution in [0.5, 0.6) is 5.75 Å². The van der Waals surface area contributed by atoms with Crippen molar-refractivity contribution in [1.29, 1.82) is 0 Å². The van der Waals surface area contributed by atoms with E-state index in [-0.39, 0.29) is 18.1 Å². The molecule has 0 radical (unpaired) electrons. The van der Waals surface area contributed by atoms with Crippen molar-refractivity contribution in [3.8, 4) is 17.1 Å². The van der Waals surface area contributed by atoms with Gasteiger partial charge in [0.2, 0.25) is 0 Å². The van der Waals surface area contributed by atoms with Crippen molar-refractivity contribution in [2.45, 2.75) is 13.3 Å². The molecule has 0 spiro atoms. The maximum atomic E-state index is 12.1. The maximum Gasteiger partial charge on any atom is 0.262 e. The molecule has 0 aliphatic carbocycles. The summed E-state index contributed by atoms with van der Waals surface area (Å²) in [5.41, 5.74) is 1.85. The molecule has 1 heterocycles. The molecular weight excluding hydrogens is 457 g/mol. The van der Waals surface area contributed by atoms with Gasteiger partial charge in [-0.15, -0.1) is 0 Å². The van der Waals surface area contributed by atoms with Gasteiger partial charge in [-0.1, -0.05) is 19.1 Å². The lowest BCUT2D eigenvalue weighted by molar-refractivity contribution is -0.118. The highest BCUT2D eigenvalue weighted by Gasteiger charge is 2.07. The van der Waals surface area contributed by atoms with E-state index in [1.807, 2.05) is 37.3 Å². The minimum atomic E-state index is -0.269. The number of carbonyl (C=O) groups excluding carboxylic acids is 1. The third-order valence-electron chi connectivity index (χ3n) is 3.76. The summed E-state index contributed by atoms with van der Waals surface area (Å²) in [6.07, 6.45) is 0.670. The van der Waals surface area contributed by atoms with E-state index in [9.17, 15) is 9.59 Å². The fourth-order valence-corrected chi connectivity index (χ4v) is 2.81. The molecule has 2 N–H and O–H groups in total. The van der Waals surface area contributed by atoms with Gasteiger partial charge in [-0.05, 0) is 65.4 Å². The van der Waals surface area contributed by atoms with Crippen LogP contribution in [0, 0.1) is 3.57 Å². The van der Waals surface area contributed by atoms with Crippen LogP contribution < -0.4 is 15.6 Å². The Morgan fingerprint density at radius 2 is 1.96 bits per heavy atom. The number of carbonyl (C=O) groups is 1. The number of nitrogens with one attached hydrogen (secondary N) is 2. The van der Waals surface area contributed by atoms with E-state index < -0.39 is 0 Å². The van der Waals surface area contributed by atoms with Gasteiger partial charge in [0, 0.05) is 26.6 Å². The van der Waals surface area contributed by atoms with Gasteiger partial charge in [-0.3, -0.25) is 9.59 Å².